The fourth-order valence-corrected chi connectivity index (χ4v) is 2.80. The minimum Gasteiger partial charge on any atom is -0.314 e. The summed E-state index contributed by atoms with van der Waals surface area (Å²) in [5, 5.41) is 10.6. The standard InChI is InChI=1S/C17H23N5O/c1-14-3-2-4-15(11-14)12-22-16(5-6-19-22)20-17(23)13-21-9-7-18-8-10-21/h2-6,11,18H,7-10,12-13H2,1H3,(H,20,23). The Morgan fingerprint density at radius 2 is 2.13 bits per heavy atom. The fourth-order valence-electron chi connectivity index (χ4n) is 2.80. The van der Waals surface area contributed by atoms with E-state index in [2.05, 4.69) is 45.8 Å². The van der Waals surface area contributed by atoms with Gasteiger partial charge in [0.2, 0.25) is 5.91 Å². The first-order chi connectivity index (χ1) is 11.2. The average molecular weight is 313 g/mol. The molecule has 0 spiro atoms. The van der Waals surface area contributed by atoms with E-state index in [1.807, 2.05) is 16.8 Å². The SMILES string of the molecule is Cc1cccc(Cn2nccc2NC(=O)CN2CCNCC2)c1. The Balaban J connectivity index is 1.60. The number of benzene rings is 1. The number of nitrogens with zero attached hydrogens (tertiary/aromatic N) is 3. The maximum atomic E-state index is 12.2. The summed E-state index contributed by atoms with van der Waals surface area (Å²) in [6.07, 6.45) is 1.72. The molecule has 0 atom stereocenters. The highest BCUT2D eigenvalue weighted by Gasteiger charge is 2.14. The van der Waals surface area contributed by atoms with Crippen molar-refractivity contribution >= 4 is 11.7 Å². The lowest BCUT2D eigenvalue weighted by atomic mass is 10.1. The number of carbonyl (C=O) groups excluding carboxylic acids is 1. The van der Waals surface area contributed by atoms with E-state index in [0.717, 1.165) is 32.0 Å². The zero-order chi connectivity index (χ0) is 16.1. The molecule has 6 nitrogen and oxygen atoms in total. The molecule has 1 aromatic heterocycles. The molecule has 0 unspecified atom stereocenters. The highest BCUT2D eigenvalue weighted by molar-refractivity contribution is 5.91. The number of rotatable bonds is 5. The van der Waals surface area contributed by atoms with Gasteiger partial charge in [-0.2, -0.15) is 5.10 Å². The zero-order valence-corrected chi connectivity index (χ0v) is 13.5. The fraction of sp³-hybridized carbons (Fsp3) is 0.412. The van der Waals surface area contributed by atoms with Gasteiger partial charge in [-0.3, -0.25) is 9.69 Å². The Morgan fingerprint density at radius 3 is 2.91 bits per heavy atom. The van der Waals surface area contributed by atoms with Crippen LogP contribution < -0.4 is 10.6 Å². The van der Waals surface area contributed by atoms with Crippen LogP contribution >= 0.6 is 0 Å². The number of nitrogens with one attached hydrogen (secondary N) is 2. The Hall–Kier alpha value is -2.18. The molecule has 0 saturated carbocycles. The smallest absolute Gasteiger partial charge is 0.239 e. The van der Waals surface area contributed by atoms with Crippen LogP contribution in [-0.2, 0) is 11.3 Å². The molecule has 1 aromatic carbocycles. The maximum Gasteiger partial charge on any atom is 0.239 e. The first-order valence-corrected chi connectivity index (χ1v) is 8.01. The first-order valence-electron chi connectivity index (χ1n) is 8.01. The van der Waals surface area contributed by atoms with E-state index < -0.39 is 0 Å². The molecule has 2 aromatic rings. The van der Waals surface area contributed by atoms with Gasteiger partial charge >= 0.3 is 0 Å². The van der Waals surface area contributed by atoms with Gasteiger partial charge in [0.05, 0.1) is 19.3 Å². The number of hydrogen-bond donors (Lipinski definition) is 2. The molecule has 0 aliphatic carbocycles. The largest absolute Gasteiger partial charge is 0.314 e. The average Bonchev–Trinajstić information content (AvgIpc) is 2.95. The molecule has 1 saturated heterocycles. The molecule has 3 rings (SSSR count). The third-order valence-corrected chi connectivity index (χ3v) is 3.98. The van der Waals surface area contributed by atoms with Crippen LogP contribution in [0, 0.1) is 6.92 Å². The molecule has 6 heteroatoms. The first kappa shape index (κ1) is 15.7. The van der Waals surface area contributed by atoms with Crippen LogP contribution in [0.15, 0.2) is 36.5 Å². The van der Waals surface area contributed by atoms with Gasteiger partial charge in [0, 0.05) is 32.2 Å². The maximum absolute atomic E-state index is 12.2. The quantitative estimate of drug-likeness (QED) is 0.867. The van der Waals surface area contributed by atoms with Crippen LogP contribution in [0.5, 0.6) is 0 Å². The molecule has 23 heavy (non-hydrogen) atoms. The molecule has 2 heterocycles. The second kappa shape index (κ2) is 7.39. The Bertz CT molecular complexity index is 661. The summed E-state index contributed by atoms with van der Waals surface area (Å²) in [6.45, 7) is 6.86. The third kappa shape index (κ3) is 4.40. The monoisotopic (exact) mass is 313 g/mol. The summed E-state index contributed by atoms with van der Waals surface area (Å²) >= 11 is 0. The molecule has 2 N–H and O–H groups in total. The van der Waals surface area contributed by atoms with Crippen molar-refractivity contribution in [1.82, 2.24) is 20.0 Å². The van der Waals surface area contributed by atoms with E-state index in [-0.39, 0.29) is 5.91 Å². The van der Waals surface area contributed by atoms with Crippen molar-refractivity contribution < 1.29 is 4.79 Å². The topological polar surface area (TPSA) is 62.2 Å². The lowest BCUT2D eigenvalue weighted by Gasteiger charge is -2.26. The highest BCUT2D eigenvalue weighted by Crippen LogP contribution is 2.11. The minimum atomic E-state index is 0.0119. The van der Waals surface area contributed by atoms with Gasteiger partial charge in [-0.15, -0.1) is 0 Å². The predicted octanol–water partition coefficient (Wildman–Crippen LogP) is 1.08. The molecule has 1 fully saturated rings. The lowest BCUT2D eigenvalue weighted by molar-refractivity contribution is -0.117. The minimum absolute atomic E-state index is 0.0119. The zero-order valence-electron chi connectivity index (χ0n) is 13.5. The van der Waals surface area contributed by atoms with E-state index in [4.69, 9.17) is 0 Å². The molecular formula is C17H23N5O. The molecular weight excluding hydrogens is 290 g/mol. The normalized spacial score (nSPS) is 15.5. The summed E-state index contributed by atoms with van der Waals surface area (Å²) < 4.78 is 1.82. The van der Waals surface area contributed by atoms with Crippen molar-refractivity contribution in [3.8, 4) is 0 Å². The van der Waals surface area contributed by atoms with E-state index >= 15 is 0 Å². The van der Waals surface area contributed by atoms with Gasteiger partial charge in [0.15, 0.2) is 0 Å². The van der Waals surface area contributed by atoms with Gasteiger partial charge in [-0.05, 0) is 12.5 Å². The van der Waals surface area contributed by atoms with Crippen molar-refractivity contribution in [2.45, 2.75) is 13.5 Å². The number of amides is 1. The Morgan fingerprint density at radius 1 is 1.30 bits per heavy atom. The number of aromatic nitrogens is 2. The summed E-state index contributed by atoms with van der Waals surface area (Å²) in [4.78, 5) is 14.4. The van der Waals surface area contributed by atoms with Gasteiger partial charge < -0.3 is 10.6 Å². The summed E-state index contributed by atoms with van der Waals surface area (Å²) in [7, 11) is 0. The van der Waals surface area contributed by atoms with Crippen molar-refractivity contribution in [3.63, 3.8) is 0 Å². The van der Waals surface area contributed by atoms with Crippen LogP contribution in [0.3, 0.4) is 0 Å². The second-order valence-electron chi connectivity index (χ2n) is 5.94. The molecule has 1 aliphatic rings. The summed E-state index contributed by atoms with van der Waals surface area (Å²) in [6, 6.07) is 10.2. The Kier molecular flexibility index (Phi) is 5.05. The number of hydrogen-bond acceptors (Lipinski definition) is 4. The number of aryl methyl sites for hydroxylation is 1. The van der Waals surface area contributed by atoms with E-state index in [0.29, 0.717) is 13.1 Å². The van der Waals surface area contributed by atoms with Crippen molar-refractivity contribution in [2.24, 2.45) is 0 Å². The van der Waals surface area contributed by atoms with Crippen LogP contribution in [0.4, 0.5) is 5.82 Å². The van der Waals surface area contributed by atoms with E-state index in [1.165, 1.54) is 11.1 Å². The van der Waals surface area contributed by atoms with Crippen LogP contribution in [0.1, 0.15) is 11.1 Å². The summed E-state index contributed by atoms with van der Waals surface area (Å²) in [5.41, 5.74) is 2.39. The van der Waals surface area contributed by atoms with Crippen LogP contribution in [0.25, 0.3) is 0 Å². The number of anilines is 1. The Labute approximate surface area is 136 Å². The lowest BCUT2D eigenvalue weighted by Crippen LogP contribution is -2.46. The second-order valence-corrected chi connectivity index (χ2v) is 5.94. The van der Waals surface area contributed by atoms with Gasteiger partial charge in [-0.1, -0.05) is 29.8 Å². The van der Waals surface area contributed by atoms with E-state index in [1.54, 1.807) is 6.20 Å². The summed E-state index contributed by atoms with van der Waals surface area (Å²) in [5.74, 6) is 0.754. The van der Waals surface area contributed by atoms with Crippen LogP contribution in [-0.4, -0.2) is 53.3 Å². The highest BCUT2D eigenvalue weighted by atomic mass is 16.2. The molecule has 122 valence electrons. The van der Waals surface area contributed by atoms with Crippen LogP contribution in [0.2, 0.25) is 0 Å². The van der Waals surface area contributed by atoms with Gasteiger partial charge in [-0.25, -0.2) is 4.68 Å². The number of carbonyl (C=O) groups is 1. The van der Waals surface area contributed by atoms with Gasteiger partial charge in [0.25, 0.3) is 0 Å². The van der Waals surface area contributed by atoms with Crippen molar-refractivity contribution in [1.29, 1.82) is 0 Å². The predicted molar refractivity (Wildman–Crippen MR) is 90.4 cm³/mol. The molecule has 0 bridgehead atoms. The van der Waals surface area contributed by atoms with Crippen molar-refractivity contribution in [2.75, 3.05) is 38.0 Å². The molecule has 0 radical (unpaired) electrons. The van der Waals surface area contributed by atoms with Crippen molar-refractivity contribution in [3.05, 3.63) is 47.7 Å². The molecule has 1 amide bonds. The molecule has 1 aliphatic heterocycles. The number of piperazine rings is 1. The van der Waals surface area contributed by atoms with Gasteiger partial charge in [0.1, 0.15) is 5.82 Å². The third-order valence-electron chi connectivity index (χ3n) is 3.98. The van der Waals surface area contributed by atoms with E-state index in [9.17, 15) is 4.79 Å².